The highest BCUT2D eigenvalue weighted by atomic mass is 16.8. The summed E-state index contributed by atoms with van der Waals surface area (Å²) in [6, 6.07) is 7.85. The van der Waals surface area contributed by atoms with Gasteiger partial charge in [0.05, 0.1) is 25.9 Å². The minimum absolute atomic E-state index is 0.137. The third kappa shape index (κ3) is 9.53. The van der Waals surface area contributed by atoms with Crippen molar-refractivity contribution in [2.45, 2.75) is 99.4 Å². The van der Waals surface area contributed by atoms with Gasteiger partial charge >= 0.3 is 5.97 Å². The average Bonchev–Trinajstić information content (AvgIpc) is 3.13. The van der Waals surface area contributed by atoms with Crippen molar-refractivity contribution in [2.24, 2.45) is 0 Å². The third-order valence-corrected chi connectivity index (χ3v) is 8.99. The van der Waals surface area contributed by atoms with Crippen LogP contribution in [0.1, 0.15) is 18.1 Å². The summed E-state index contributed by atoms with van der Waals surface area (Å²) in [5.41, 5.74) is 0.834. The number of aliphatic hydroxyl groups excluding tert-OH is 7. The van der Waals surface area contributed by atoms with Gasteiger partial charge in [-0.05, 0) is 54.8 Å². The van der Waals surface area contributed by atoms with Gasteiger partial charge in [0.2, 0.25) is 0 Å². The lowest BCUT2D eigenvalue weighted by Gasteiger charge is -2.48. The number of esters is 1. The molecule has 0 amide bonds. The molecule has 0 radical (unpaired) electrons. The molecule has 3 aliphatic heterocycles. The fraction of sp³-hybridized carbons (Fsp3) is 0.559. The predicted molar refractivity (Wildman–Crippen MR) is 174 cm³/mol. The van der Waals surface area contributed by atoms with Gasteiger partial charge in [-0.2, -0.15) is 0 Å². The Bertz CT molecular complexity index is 1560. The lowest BCUT2D eigenvalue weighted by atomic mass is 9.96. The second kappa shape index (κ2) is 17.6. The largest absolute Gasteiger partial charge is 0.504 e. The number of carbonyl (C=O) groups excluding carboxylic acids is 1. The Hall–Kier alpha value is -3.67. The summed E-state index contributed by atoms with van der Waals surface area (Å²) in [6.07, 6.45) is -20.3. The molecule has 2 aromatic carbocycles. The molecule has 0 bridgehead atoms. The maximum atomic E-state index is 13.1. The van der Waals surface area contributed by atoms with Gasteiger partial charge in [-0.25, -0.2) is 4.79 Å². The fourth-order valence-corrected chi connectivity index (χ4v) is 5.94. The van der Waals surface area contributed by atoms with Crippen molar-refractivity contribution >= 4 is 12.0 Å². The van der Waals surface area contributed by atoms with Gasteiger partial charge < -0.3 is 89.3 Å². The predicted octanol–water partition coefficient (Wildman–Crippen LogP) is -2.55. The Kier molecular flexibility index (Phi) is 13.5. The van der Waals surface area contributed by atoms with Crippen LogP contribution in [0.3, 0.4) is 0 Å². The van der Waals surface area contributed by atoms with E-state index in [4.69, 9.17) is 33.2 Å². The van der Waals surface area contributed by atoms with Gasteiger partial charge in [0.25, 0.3) is 0 Å². The van der Waals surface area contributed by atoms with E-state index in [0.29, 0.717) is 11.1 Å². The van der Waals surface area contributed by atoms with Crippen LogP contribution < -0.4 is 0 Å². The van der Waals surface area contributed by atoms with Crippen LogP contribution in [0.5, 0.6) is 23.0 Å². The quantitative estimate of drug-likeness (QED) is 0.0603. The van der Waals surface area contributed by atoms with Crippen LogP contribution in [0.2, 0.25) is 0 Å². The number of rotatable bonds is 12. The van der Waals surface area contributed by atoms with Crippen LogP contribution in [0, 0.1) is 0 Å². The fourth-order valence-electron chi connectivity index (χ4n) is 5.94. The molecule has 5 rings (SSSR count). The molecular formula is C34H44O19. The minimum atomic E-state index is -1.82. The smallest absolute Gasteiger partial charge is 0.331 e. The second-order valence-electron chi connectivity index (χ2n) is 12.8. The molecule has 3 fully saturated rings. The summed E-state index contributed by atoms with van der Waals surface area (Å²) in [5.74, 6) is -2.58. The Balaban J connectivity index is 1.39. The first-order chi connectivity index (χ1) is 25.2. The topological polar surface area (TPSA) is 304 Å². The van der Waals surface area contributed by atoms with Crippen molar-refractivity contribution in [3.63, 3.8) is 0 Å². The first-order valence-electron chi connectivity index (χ1n) is 16.6. The van der Waals surface area contributed by atoms with Gasteiger partial charge in [-0.3, -0.25) is 0 Å². The number of phenols is 4. The van der Waals surface area contributed by atoms with E-state index in [9.17, 15) is 61.0 Å². The molecule has 19 nitrogen and oxygen atoms in total. The van der Waals surface area contributed by atoms with E-state index in [2.05, 4.69) is 0 Å². The molecule has 294 valence electrons. The van der Waals surface area contributed by atoms with Gasteiger partial charge in [-0.1, -0.05) is 12.1 Å². The number of carbonyl (C=O) groups is 1. The molecule has 2 aromatic rings. The number of aliphatic hydroxyl groups is 7. The highest BCUT2D eigenvalue weighted by Gasteiger charge is 2.54. The van der Waals surface area contributed by atoms with E-state index in [1.807, 2.05) is 0 Å². The van der Waals surface area contributed by atoms with E-state index < -0.39 is 111 Å². The van der Waals surface area contributed by atoms with Gasteiger partial charge in [0.1, 0.15) is 54.9 Å². The van der Waals surface area contributed by atoms with Crippen LogP contribution in [-0.2, 0) is 44.4 Å². The summed E-state index contributed by atoms with van der Waals surface area (Å²) in [7, 11) is 0. The van der Waals surface area contributed by atoms with Crippen molar-refractivity contribution in [2.75, 3.05) is 19.8 Å². The van der Waals surface area contributed by atoms with Crippen LogP contribution >= 0.6 is 0 Å². The molecule has 0 aliphatic carbocycles. The number of hydrogen-bond donors (Lipinski definition) is 11. The maximum absolute atomic E-state index is 13.1. The van der Waals surface area contributed by atoms with Crippen molar-refractivity contribution in [1.82, 2.24) is 0 Å². The first kappa shape index (κ1) is 40.5. The third-order valence-electron chi connectivity index (χ3n) is 8.99. The second-order valence-corrected chi connectivity index (χ2v) is 12.8. The summed E-state index contributed by atoms with van der Waals surface area (Å²) < 4.78 is 40.1. The van der Waals surface area contributed by atoms with Crippen LogP contribution in [0.15, 0.2) is 42.5 Å². The average molecular weight is 757 g/mol. The molecule has 3 aliphatic rings. The van der Waals surface area contributed by atoms with Crippen molar-refractivity contribution in [3.05, 3.63) is 53.6 Å². The van der Waals surface area contributed by atoms with Gasteiger partial charge in [0, 0.05) is 6.08 Å². The Morgan fingerprint density at radius 1 is 0.755 bits per heavy atom. The molecule has 0 saturated carbocycles. The van der Waals surface area contributed by atoms with E-state index in [0.717, 1.165) is 6.08 Å². The molecule has 0 aromatic heterocycles. The summed E-state index contributed by atoms with van der Waals surface area (Å²) >= 11 is 0. The Labute approximate surface area is 302 Å². The zero-order valence-corrected chi connectivity index (χ0v) is 28.2. The Morgan fingerprint density at radius 2 is 1.43 bits per heavy atom. The summed E-state index contributed by atoms with van der Waals surface area (Å²) in [6.45, 7) is -0.0224. The molecule has 53 heavy (non-hydrogen) atoms. The van der Waals surface area contributed by atoms with E-state index in [1.54, 1.807) is 0 Å². The van der Waals surface area contributed by atoms with Crippen LogP contribution in [0.25, 0.3) is 6.08 Å². The molecule has 19 heteroatoms. The van der Waals surface area contributed by atoms with E-state index >= 15 is 0 Å². The number of phenolic OH excluding ortho intramolecular Hbond substituents is 4. The van der Waals surface area contributed by atoms with Gasteiger partial charge in [-0.15, -0.1) is 0 Å². The summed E-state index contributed by atoms with van der Waals surface area (Å²) in [4.78, 5) is 13.1. The number of aromatic hydroxyl groups is 4. The van der Waals surface area contributed by atoms with Crippen molar-refractivity contribution in [3.8, 4) is 23.0 Å². The maximum Gasteiger partial charge on any atom is 0.331 e. The SMILES string of the molecule is C[C@@H]1O[C@@H](O[C@@H]2[C@@H](O)[C@H](OCCc3ccc(O)c(O)c3)O[C@H](CO)[C@H]2OC(=O)/C=C/c2ccc(O)c(O)c2)[C@H](O[C@@H]2OC[C@@H](O)[C@H](O)[C@H]2O)[C@H](O)[C@H]1O. The van der Waals surface area contributed by atoms with Crippen LogP contribution in [-0.4, -0.2) is 168 Å². The monoisotopic (exact) mass is 756 g/mol. The van der Waals surface area contributed by atoms with E-state index in [-0.39, 0.29) is 30.3 Å². The number of ether oxygens (including phenoxy) is 7. The molecule has 0 spiro atoms. The lowest BCUT2D eigenvalue weighted by molar-refractivity contribution is -0.381. The highest BCUT2D eigenvalue weighted by Crippen LogP contribution is 2.34. The molecule has 0 unspecified atom stereocenters. The molecule has 14 atom stereocenters. The zero-order valence-electron chi connectivity index (χ0n) is 28.2. The van der Waals surface area contributed by atoms with Gasteiger partial charge in [0.15, 0.2) is 48.0 Å². The highest BCUT2D eigenvalue weighted by molar-refractivity contribution is 5.87. The molecule has 11 N–H and O–H groups in total. The number of hydrogen-bond acceptors (Lipinski definition) is 19. The molecular weight excluding hydrogens is 712 g/mol. The first-order valence-corrected chi connectivity index (χ1v) is 16.6. The summed E-state index contributed by atoms with van der Waals surface area (Å²) in [5, 5.41) is 113. The van der Waals surface area contributed by atoms with Crippen molar-refractivity contribution in [1.29, 1.82) is 0 Å². The van der Waals surface area contributed by atoms with E-state index in [1.165, 1.54) is 49.4 Å². The zero-order chi connectivity index (χ0) is 38.6. The normalized spacial score (nSPS) is 36.4. The minimum Gasteiger partial charge on any atom is -0.504 e. The van der Waals surface area contributed by atoms with Crippen molar-refractivity contribution < 1.29 is 94.1 Å². The lowest BCUT2D eigenvalue weighted by Crippen LogP contribution is -2.66. The number of benzene rings is 2. The van der Waals surface area contributed by atoms with Crippen LogP contribution in [0.4, 0.5) is 0 Å². The molecule has 3 heterocycles. The molecule has 3 saturated heterocycles. The standard InChI is InChI=1S/C34H44O19/c1-14-24(42)26(44)31(53-32-27(45)25(43)21(40)13-48-32)34(49-14)52-30-28(46)33(47-9-8-16-3-6-18(37)20(39)11-16)50-22(12-35)29(30)51-23(41)7-4-15-2-5-17(36)19(38)10-15/h2-7,10-11,14,21-22,24-40,42-46H,8-9,12-13H2,1H3/b7-4+/t14-,21+,22+,24-,25-,26+,27+,28+,29+,30+,31+,32-,33+,34-/m0/s1. The Morgan fingerprint density at radius 3 is 2.11 bits per heavy atom.